The summed E-state index contributed by atoms with van der Waals surface area (Å²) in [5, 5.41) is 5.51. The number of hydrogen-bond acceptors (Lipinski definition) is 3. The molecule has 0 saturated carbocycles. The Balaban J connectivity index is 1.67. The van der Waals surface area contributed by atoms with E-state index in [-0.39, 0.29) is 17.9 Å². The summed E-state index contributed by atoms with van der Waals surface area (Å²) in [5.74, 6) is -0.812. The Hall–Kier alpha value is -3.15. The topological polar surface area (TPSA) is 78.5 Å². The van der Waals surface area contributed by atoms with Crippen molar-refractivity contribution in [2.24, 2.45) is 0 Å². The zero-order valence-corrected chi connectivity index (χ0v) is 18.2. The first-order valence-electron chi connectivity index (χ1n) is 10.1. The standard InChI is InChI=1S/C24H29N3O3/c1-16-6-8-17(9-7-16)14-25-20(28)15-27-21(29)24(5,26-22(27)30)19-12-10-18(11-13-19)23(2,3)4/h6-13H,14-15H2,1-5H3,(H,25,28)(H,26,30). The maximum Gasteiger partial charge on any atom is 0.325 e. The minimum atomic E-state index is -1.19. The summed E-state index contributed by atoms with van der Waals surface area (Å²) >= 11 is 0. The van der Waals surface area contributed by atoms with E-state index in [0.29, 0.717) is 12.1 Å². The molecule has 1 aliphatic heterocycles. The summed E-state index contributed by atoms with van der Waals surface area (Å²) in [6.45, 7) is 10.0. The molecule has 0 radical (unpaired) electrons. The third kappa shape index (κ3) is 4.37. The Morgan fingerprint density at radius 3 is 2.20 bits per heavy atom. The maximum absolute atomic E-state index is 13.0. The van der Waals surface area contributed by atoms with Crippen LogP contribution in [0.1, 0.15) is 49.9 Å². The average Bonchev–Trinajstić information content (AvgIpc) is 2.91. The number of amides is 4. The molecule has 0 aromatic heterocycles. The maximum atomic E-state index is 13.0. The van der Waals surface area contributed by atoms with Crippen LogP contribution in [0.15, 0.2) is 48.5 Å². The van der Waals surface area contributed by atoms with Gasteiger partial charge in [-0.3, -0.25) is 14.5 Å². The molecule has 6 heteroatoms. The van der Waals surface area contributed by atoms with Gasteiger partial charge in [-0.2, -0.15) is 0 Å². The Bertz CT molecular complexity index is 959. The number of carbonyl (C=O) groups excluding carboxylic acids is 3. The lowest BCUT2D eigenvalue weighted by Crippen LogP contribution is -2.43. The molecule has 0 bridgehead atoms. The predicted molar refractivity (Wildman–Crippen MR) is 116 cm³/mol. The lowest BCUT2D eigenvalue weighted by atomic mass is 9.84. The fourth-order valence-corrected chi connectivity index (χ4v) is 3.45. The normalized spacial score (nSPS) is 19.0. The molecule has 6 nitrogen and oxygen atoms in total. The molecule has 1 heterocycles. The van der Waals surface area contributed by atoms with Crippen LogP contribution in [0.2, 0.25) is 0 Å². The number of benzene rings is 2. The van der Waals surface area contributed by atoms with Gasteiger partial charge in [-0.25, -0.2) is 4.79 Å². The van der Waals surface area contributed by atoms with Crippen LogP contribution in [0.5, 0.6) is 0 Å². The molecule has 1 fully saturated rings. The minimum Gasteiger partial charge on any atom is -0.350 e. The molecule has 0 aliphatic carbocycles. The van der Waals surface area contributed by atoms with Crippen molar-refractivity contribution in [1.82, 2.24) is 15.5 Å². The molecule has 30 heavy (non-hydrogen) atoms. The van der Waals surface area contributed by atoms with E-state index in [9.17, 15) is 14.4 Å². The highest BCUT2D eigenvalue weighted by Gasteiger charge is 2.49. The summed E-state index contributed by atoms with van der Waals surface area (Å²) in [6.07, 6.45) is 0. The van der Waals surface area contributed by atoms with Gasteiger partial charge in [0.15, 0.2) is 0 Å². The van der Waals surface area contributed by atoms with Crippen molar-refractivity contribution < 1.29 is 14.4 Å². The van der Waals surface area contributed by atoms with E-state index in [1.54, 1.807) is 6.92 Å². The highest BCUT2D eigenvalue weighted by molar-refractivity contribution is 6.09. The van der Waals surface area contributed by atoms with Gasteiger partial charge in [-0.05, 0) is 36.0 Å². The Morgan fingerprint density at radius 2 is 1.63 bits per heavy atom. The van der Waals surface area contributed by atoms with Gasteiger partial charge < -0.3 is 10.6 Å². The Kier molecular flexibility index (Phi) is 5.70. The van der Waals surface area contributed by atoms with Crippen molar-refractivity contribution in [1.29, 1.82) is 0 Å². The van der Waals surface area contributed by atoms with Crippen molar-refractivity contribution in [2.45, 2.75) is 52.1 Å². The molecular formula is C24H29N3O3. The zero-order chi connectivity index (χ0) is 22.1. The van der Waals surface area contributed by atoms with Crippen LogP contribution in [0.3, 0.4) is 0 Å². The molecule has 2 N–H and O–H groups in total. The molecule has 1 saturated heterocycles. The van der Waals surface area contributed by atoms with Crippen molar-refractivity contribution in [3.05, 3.63) is 70.8 Å². The highest BCUT2D eigenvalue weighted by Crippen LogP contribution is 2.31. The highest BCUT2D eigenvalue weighted by atomic mass is 16.2. The number of nitrogens with zero attached hydrogens (tertiary/aromatic N) is 1. The summed E-state index contributed by atoms with van der Waals surface area (Å²) in [6, 6.07) is 14.9. The number of imide groups is 1. The van der Waals surface area contributed by atoms with E-state index in [1.165, 1.54) is 0 Å². The van der Waals surface area contributed by atoms with Gasteiger partial charge in [0.1, 0.15) is 12.1 Å². The monoisotopic (exact) mass is 407 g/mol. The van der Waals surface area contributed by atoms with Crippen molar-refractivity contribution in [3.63, 3.8) is 0 Å². The summed E-state index contributed by atoms with van der Waals surface area (Å²) in [5.41, 5.74) is 2.72. The molecule has 1 atom stereocenters. The number of rotatable bonds is 5. The molecule has 3 rings (SSSR count). The second-order valence-electron chi connectivity index (χ2n) is 9.04. The number of aryl methyl sites for hydroxylation is 1. The van der Waals surface area contributed by atoms with Crippen molar-refractivity contribution >= 4 is 17.8 Å². The van der Waals surface area contributed by atoms with Gasteiger partial charge in [-0.15, -0.1) is 0 Å². The zero-order valence-electron chi connectivity index (χ0n) is 18.2. The van der Waals surface area contributed by atoms with Gasteiger partial charge in [-0.1, -0.05) is 74.9 Å². The molecule has 1 aliphatic rings. The molecule has 1 unspecified atom stereocenters. The molecular weight excluding hydrogens is 378 g/mol. The number of nitrogens with one attached hydrogen (secondary N) is 2. The summed E-state index contributed by atoms with van der Waals surface area (Å²) in [4.78, 5) is 38.8. The Morgan fingerprint density at radius 1 is 1.03 bits per heavy atom. The van der Waals surface area contributed by atoms with Crippen molar-refractivity contribution in [3.8, 4) is 0 Å². The molecule has 2 aromatic rings. The van der Waals surface area contributed by atoms with Crippen LogP contribution < -0.4 is 10.6 Å². The van der Waals surface area contributed by atoms with E-state index in [0.717, 1.165) is 21.6 Å². The third-order valence-electron chi connectivity index (χ3n) is 5.52. The largest absolute Gasteiger partial charge is 0.350 e. The smallest absolute Gasteiger partial charge is 0.325 e. The van der Waals surface area contributed by atoms with Gasteiger partial charge in [0, 0.05) is 6.54 Å². The quantitative estimate of drug-likeness (QED) is 0.746. The first kappa shape index (κ1) is 21.6. The van der Waals surface area contributed by atoms with Crippen LogP contribution in [-0.4, -0.2) is 29.3 Å². The fraction of sp³-hybridized carbons (Fsp3) is 0.375. The van der Waals surface area contributed by atoms with Crippen LogP contribution in [-0.2, 0) is 27.1 Å². The van der Waals surface area contributed by atoms with E-state index >= 15 is 0 Å². The van der Waals surface area contributed by atoms with E-state index in [2.05, 4.69) is 31.4 Å². The first-order valence-corrected chi connectivity index (χ1v) is 10.1. The fourth-order valence-electron chi connectivity index (χ4n) is 3.45. The second kappa shape index (κ2) is 7.94. The predicted octanol–water partition coefficient (Wildman–Crippen LogP) is 3.38. The SMILES string of the molecule is Cc1ccc(CNC(=O)CN2C(=O)NC(C)(c3ccc(C(C)(C)C)cc3)C2=O)cc1. The molecule has 158 valence electrons. The lowest BCUT2D eigenvalue weighted by molar-refractivity contribution is -0.134. The number of urea groups is 1. The van der Waals surface area contributed by atoms with E-state index < -0.39 is 17.5 Å². The number of carbonyl (C=O) groups is 3. The first-order chi connectivity index (χ1) is 14.0. The van der Waals surface area contributed by atoms with E-state index in [4.69, 9.17) is 0 Å². The Labute approximate surface area is 177 Å². The van der Waals surface area contributed by atoms with Crippen LogP contribution in [0.25, 0.3) is 0 Å². The second-order valence-corrected chi connectivity index (χ2v) is 9.04. The lowest BCUT2D eigenvalue weighted by Gasteiger charge is -2.24. The van der Waals surface area contributed by atoms with E-state index in [1.807, 2.05) is 55.5 Å². The van der Waals surface area contributed by atoms with Crippen molar-refractivity contribution in [2.75, 3.05) is 6.54 Å². The number of hydrogen-bond donors (Lipinski definition) is 2. The van der Waals surface area contributed by atoms with Gasteiger partial charge in [0.05, 0.1) is 0 Å². The molecule has 0 spiro atoms. The molecule has 2 aromatic carbocycles. The average molecular weight is 408 g/mol. The molecule has 4 amide bonds. The minimum absolute atomic E-state index is 0.00998. The van der Waals surface area contributed by atoms with Crippen LogP contribution >= 0.6 is 0 Å². The van der Waals surface area contributed by atoms with Gasteiger partial charge in [0.2, 0.25) is 5.91 Å². The van der Waals surface area contributed by atoms with Gasteiger partial charge in [0.25, 0.3) is 5.91 Å². The van der Waals surface area contributed by atoms with Crippen LogP contribution in [0, 0.1) is 6.92 Å². The summed E-state index contributed by atoms with van der Waals surface area (Å²) in [7, 11) is 0. The van der Waals surface area contributed by atoms with Crippen LogP contribution in [0.4, 0.5) is 4.79 Å². The van der Waals surface area contributed by atoms with Gasteiger partial charge >= 0.3 is 6.03 Å². The summed E-state index contributed by atoms with van der Waals surface area (Å²) < 4.78 is 0. The third-order valence-corrected chi connectivity index (χ3v) is 5.52.